The van der Waals surface area contributed by atoms with Gasteiger partial charge in [-0.3, -0.25) is 0 Å². The summed E-state index contributed by atoms with van der Waals surface area (Å²) in [4.78, 5) is 2.76. The number of hydrogen-bond donors (Lipinski definition) is 1. The van der Waals surface area contributed by atoms with Crippen LogP contribution in [0.25, 0.3) is 22.3 Å². The van der Waals surface area contributed by atoms with Crippen LogP contribution in [0.1, 0.15) is 0 Å². The molecule has 216 valence electrons. The van der Waals surface area contributed by atoms with Crippen molar-refractivity contribution in [2.75, 3.05) is 0 Å². The van der Waals surface area contributed by atoms with E-state index in [1.54, 1.807) is 30.3 Å². The van der Waals surface area contributed by atoms with Gasteiger partial charge >= 0.3 is 5.51 Å². The Balaban J connectivity index is 0.000000446. The molecule has 0 aromatic heterocycles. The maximum absolute atomic E-state index is 13.8. The van der Waals surface area contributed by atoms with Crippen LogP contribution in [0.3, 0.4) is 0 Å². The van der Waals surface area contributed by atoms with E-state index >= 15 is 0 Å². The van der Waals surface area contributed by atoms with Gasteiger partial charge in [0.05, 0.1) is 10.9 Å². The third-order valence-corrected chi connectivity index (χ3v) is 8.71. The number of aromatic hydroxyl groups is 1. The second-order valence-electron chi connectivity index (χ2n) is 8.68. The molecule has 0 unspecified atom stereocenters. The topological polar surface area (TPSA) is 77.4 Å². The van der Waals surface area contributed by atoms with Crippen molar-refractivity contribution in [1.29, 1.82) is 0 Å². The van der Waals surface area contributed by atoms with E-state index in [0.717, 1.165) is 36.9 Å². The van der Waals surface area contributed by atoms with Crippen molar-refractivity contribution in [3.8, 4) is 28.0 Å². The molecule has 0 amide bonds. The van der Waals surface area contributed by atoms with E-state index in [1.165, 1.54) is 24.3 Å². The van der Waals surface area contributed by atoms with Gasteiger partial charge < -0.3 is 9.66 Å². The van der Waals surface area contributed by atoms with E-state index in [2.05, 4.69) is 0 Å². The highest BCUT2D eigenvalue weighted by molar-refractivity contribution is 7.97. The van der Waals surface area contributed by atoms with Gasteiger partial charge in [-0.2, -0.15) is 13.2 Å². The number of phenolic OH excluding ortho intramolecular Hbond substituents is 1. The summed E-state index contributed by atoms with van der Waals surface area (Å²) in [6, 6.07) is 36.1. The minimum atomic E-state index is -6.09. The van der Waals surface area contributed by atoms with Crippen LogP contribution in [0.2, 0.25) is 0 Å². The summed E-state index contributed by atoms with van der Waals surface area (Å²) in [6.07, 6.45) is 0. The Morgan fingerprint density at radius 3 is 1.36 bits per heavy atom. The lowest BCUT2D eigenvalue weighted by Crippen LogP contribution is -2.21. The molecule has 0 radical (unpaired) electrons. The molecule has 0 saturated heterocycles. The van der Waals surface area contributed by atoms with Crippen molar-refractivity contribution in [3.63, 3.8) is 0 Å². The van der Waals surface area contributed by atoms with E-state index in [0.29, 0.717) is 0 Å². The monoisotopic (exact) mass is 616 g/mol. The third kappa shape index (κ3) is 7.17. The summed E-state index contributed by atoms with van der Waals surface area (Å²) in [5, 5.41) is 11.0. The number of halogens is 5. The van der Waals surface area contributed by atoms with Crippen molar-refractivity contribution in [1.82, 2.24) is 0 Å². The highest BCUT2D eigenvalue weighted by atomic mass is 32.2. The first-order chi connectivity index (χ1) is 19.9. The number of phenols is 1. The first-order valence-electron chi connectivity index (χ1n) is 12.1. The molecule has 0 aliphatic carbocycles. The Morgan fingerprint density at radius 1 is 0.595 bits per heavy atom. The van der Waals surface area contributed by atoms with Gasteiger partial charge in [-0.05, 0) is 71.8 Å². The molecule has 0 aliphatic rings. The molecule has 42 heavy (non-hydrogen) atoms. The lowest BCUT2D eigenvalue weighted by atomic mass is 9.93. The standard InChI is InChI=1S/C30H20F2OS.CHF3O3S/c31-23-11-15-25(16-12-23)34(26-17-13-24(32)14-18-26)28-20-19-27(33)29(21-7-3-1-4-8-21)30(28)22-9-5-2-6-10-22;2-1(3,4)8(5,6)7/h1-20H;(H,5,6,7). The smallest absolute Gasteiger partial charge is 0.485 e. The Hall–Kier alpha value is -4.19. The van der Waals surface area contributed by atoms with Gasteiger partial charge in [0.25, 0.3) is 0 Å². The maximum Gasteiger partial charge on any atom is 0.485 e. The quantitative estimate of drug-likeness (QED) is 0.0936. The average molecular weight is 617 g/mol. The SMILES string of the molecule is O=S(=O)([O-])C(F)(F)F.Oc1ccc([S+](c2ccc(F)cc2)c2ccc(F)cc2)c(-c2ccccc2)c1-c1ccccc1. The second kappa shape index (κ2) is 12.8. The lowest BCUT2D eigenvalue weighted by Gasteiger charge is -2.17. The van der Waals surface area contributed by atoms with E-state index in [9.17, 15) is 27.1 Å². The summed E-state index contributed by atoms with van der Waals surface area (Å²) >= 11 is 0. The summed E-state index contributed by atoms with van der Waals surface area (Å²) in [7, 11) is -6.77. The van der Waals surface area contributed by atoms with Crippen molar-refractivity contribution in [3.05, 3.63) is 133 Å². The Morgan fingerprint density at radius 2 is 0.976 bits per heavy atom. The molecule has 0 atom stereocenters. The number of alkyl halides is 3. The molecule has 0 heterocycles. The van der Waals surface area contributed by atoms with E-state index < -0.39 is 26.5 Å². The van der Waals surface area contributed by atoms with Crippen LogP contribution in [-0.2, 0) is 21.0 Å². The predicted molar refractivity (Wildman–Crippen MR) is 150 cm³/mol. The highest BCUT2D eigenvalue weighted by Crippen LogP contribution is 2.46. The fourth-order valence-electron chi connectivity index (χ4n) is 4.06. The molecule has 4 nitrogen and oxygen atoms in total. The van der Waals surface area contributed by atoms with Crippen LogP contribution >= 0.6 is 0 Å². The van der Waals surface area contributed by atoms with Crippen molar-refractivity contribution in [2.24, 2.45) is 0 Å². The zero-order valence-corrected chi connectivity index (χ0v) is 23.1. The van der Waals surface area contributed by atoms with Gasteiger partial charge in [0.15, 0.2) is 24.8 Å². The molecule has 5 rings (SSSR count). The fraction of sp³-hybridized carbons (Fsp3) is 0.0323. The van der Waals surface area contributed by atoms with Crippen molar-refractivity contribution < 1.29 is 40.0 Å². The van der Waals surface area contributed by atoms with Crippen LogP contribution in [0, 0.1) is 11.6 Å². The molecule has 0 bridgehead atoms. The van der Waals surface area contributed by atoms with E-state index in [-0.39, 0.29) is 17.4 Å². The zero-order chi connectivity index (χ0) is 30.5. The summed E-state index contributed by atoms with van der Waals surface area (Å²) < 4.78 is 86.5. The molecule has 0 saturated carbocycles. The van der Waals surface area contributed by atoms with Gasteiger partial charge in [0, 0.05) is 11.1 Å². The Kier molecular flexibility index (Phi) is 9.35. The first-order valence-corrected chi connectivity index (χ1v) is 14.7. The minimum Gasteiger partial charge on any atom is -0.741 e. The summed E-state index contributed by atoms with van der Waals surface area (Å²) in [5.74, 6) is -0.452. The molecule has 5 aromatic rings. The molecule has 1 N–H and O–H groups in total. The van der Waals surface area contributed by atoms with Crippen LogP contribution < -0.4 is 0 Å². The number of benzene rings is 5. The number of rotatable bonds is 5. The second-order valence-corrected chi connectivity index (χ2v) is 12.0. The van der Waals surface area contributed by atoms with Crippen molar-refractivity contribution >= 4 is 21.0 Å². The van der Waals surface area contributed by atoms with E-state index in [4.69, 9.17) is 13.0 Å². The lowest BCUT2D eigenvalue weighted by molar-refractivity contribution is -0.0517. The maximum atomic E-state index is 13.8. The van der Waals surface area contributed by atoms with Gasteiger partial charge in [-0.25, -0.2) is 17.2 Å². The summed E-state index contributed by atoms with van der Waals surface area (Å²) in [5.41, 5.74) is -2.18. The van der Waals surface area contributed by atoms with Gasteiger partial charge in [0.2, 0.25) is 0 Å². The molecular weight excluding hydrogens is 595 g/mol. The van der Waals surface area contributed by atoms with Gasteiger partial charge in [-0.1, -0.05) is 60.7 Å². The third-order valence-electron chi connectivity index (χ3n) is 5.87. The average Bonchev–Trinajstić information content (AvgIpc) is 2.96. The van der Waals surface area contributed by atoms with Crippen LogP contribution in [0.15, 0.2) is 136 Å². The molecule has 0 aliphatic heterocycles. The minimum absolute atomic E-state index is 0.176. The molecular formula is C31H21F5O4S2. The number of hydrogen-bond acceptors (Lipinski definition) is 4. The van der Waals surface area contributed by atoms with E-state index in [1.807, 2.05) is 66.7 Å². The van der Waals surface area contributed by atoms with Crippen molar-refractivity contribution in [2.45, 2.75) is 20.2 Å². The van der Waals surface area contributed by atoms with Gasteiger partial charge in [-0.15, -0.1) is 0 Å². The van der Waals surface area contributed by atoms with Crippen LogP contribution in [-0.4, -0.2) is 23.6 Å². The first kappa shape index (κ1) is 30.8. The molecule has 0 fully saturated rings. The van der Waals surface area contributed by atoms with Gasteiger partial charge in [0.1, 0.15) is 17.4 Å². The zero-order valence-electron chi connectivity index (χ0n) is 21.4. The Bertz CT molecular complexity index is 1700. The normalized spacial score (nSPS) is 11.6. The fourth-order valence-corrected chi connectivity index (χ4v) is 6.29. The Labute approximate surface area is 241 Å². The summed E-state index contributed by atoms with van der Waals surface area (Å²) in [6.45, 7) is 0. The van der Waals surface area contributed by atoms with Crippen LogP contribution in [0.5, 0.6) is 5.75 Å². The molecule has 11 heteroatoms. The predicted octanol–water partition coefficient (Wildman–Crippen LogP) is 8.15. The molecule has 0 spiro atoms. The highest BCUT2D eigenvalue weighted by Gasteiger charge is 2.37. The van der Waals surface area contributed by atoms with Crippen LogP contribution in [0.4, 0.5) is 22.0 Å². The largest absolute Gasteiger partial charge is 0.741 e. The molecule has 5 aromatic carbocycles.